The summed E-state index contributed by atoms with van der Waals surface area (Å²) in [6.07, 6.45) is 0. The van der Waals surface area contributed by atoms with Crippen LogP contribution in [0, 0.1) is 0 Å². The molecule has 1 aromatic carbocycles. The largest absolute Gasteiger partial charge is 0.369 e. The third-order valence-electron chi connectivity index (χ3n) is 2.65. The highest BCUT2D eigenvalue weighted by Crippen LogP contribution is 2.19. The van der Waals surface area contributed by atoms with Crippen LogP contribution in [0.4, 0.5) is 11.4 Å². The van der Waals surface area contributed by atoms with Crippen molar-refractivity contribution in [3.8, 4) is 0 Å². The molecule has 0 heterocycles. The van der Waals surface area contributed by atoms with Crippen LogP contribution in [0.2, 0.25) is 0 Å². The molecule has 2 N–H and O–H groups in total. The standard InChI is InChI=1S/C13H21N3S/c1-5-16(10(2)3)12-8-6-11(7-9-12)15-13(17)14-4/h6-10H,5H2,1-4H3,(H2,14,15,17). The van der Waals surface area contributed by atoms with E-state index in [-0.39, 0.29) is 0 Å². The van der Waals surface area contributed by atoms with E-state index in [2.05, 4.69) is 48.4 Å². The van der Waals surface area contributed by atoms with Gasteiger partial charge in [-0.25, -0.2) is 0 Å². The topological polar surface area (TPSA) is 27.3 Å². The Labute approximate surface area is 109 Å². The van der Waals surface area contributed by atoms with Crippen molar-refractivity contribution in [2.24, 2.45) is 0 Å². The summed E-state index contributed by atoms with van der Waals surface area (Å²) < 4.78 is 0. The average molecular weight is 251 g/mol. The molecule has 94 valence electrons. The van der Waals surface area contributed by atoms with Crippen LogP contribution in [0.3, 0.4) is 0 Å². The van der Waals surface area contributed by atoms with Crippen molar-refractivity contribution in [3.05, 3.63) is 24.3 Å². The molecule has 0 aliphatic carbocycles. The summed E-state index contributed by atoms with van der Waals surface area (Å²) in [6.45, 7) is 7.58. The molecule has 0 radical (unpaired) electrons. The summed E-state index contributed by atoms with van der Waals surface area (Å²) in [7, 11) is 1.81. The van der Waals surface area contributed by atoms with Crippen molar-refractivity contribution in [2.75, 3.05) is 23.8 Å². The number of nitrogens with zero attached hydrogens (tertiary/aromatic N) is 1. The van der Waals surface area contributed by atoms with Gasteiger partial charge in [-0.2, -0.15) is 0 Å². The highest BCUT2D eigenvalue weighted by atomic mass is 32.1. The van der Waals surface area contributed by atoms with E-state index in [9.17, 15) is 0 Å². The van der Waals surface area contributed by atoms with Gasteiger partial charge in [0.25, 0.3) is 0 Å². The molecule has 0 saturated carbocycles. The van der Waals surface area contributed by atoms with Crippen LogP contribution in [0.25, 0.3) is 0 Å². The molecule has 4 heteroatoms. The van der Waals surface area contributed by atoms with E-state index in [0.717, 1.165) is 12.2 Å². The molecular formula is C13H21N3S. The van der Waals surface area contributed by atoms with Gasteiger partial charge in [0, 0.05) is 31.0 Å². The molecule has 1 aromatic rings. The Kier molecular flexibility index (Phi) is 5.22. The second-order valence-corrected chi connectivity index (χ2v) is 4.54. The summed E-state index contributed by atoms with van der Waals surface area (Å²) in [5, 5.41) is 6.63. The van der Waals surface area contributed by atoms with Crippen LogP contribution in [-0.4, -0.2) is 24.7 Å². The Hall–Kier alpha value is -1.29. The van der Waals surface area contributed by atoms with Gasteiger partial charge < -0.3 is 15.5 Å². The number of nitrogens with one attached hydrogen (secondary N) is 2. The SMILES string of the molecule is CCN(c1ccc(NC(=S)NC)cc1)C(C)C. The fraction of sp³-hybridized carbons (Fsp3) is 0.462. The Morgan fingerprint density at radius 3 is 2.29 bits per heavy atom. The fourth-order valence-electron chi connectivity index (χ4n) is 1.78. The molecule has 0 spiro atoms. The molecule has 0 aliphatic rings. The maximum absolute atomic E-state index is 5.05. The lowest BCUT2D eigenvalue weighted by Crippen LogP contribution is -2.30. The maximum Gasteiger partial charge on any atom is 0.170 e. The quantitative estimate of drug-likeness (QED) is 0.805. The third kappa shape index (κ3) is 3.89. The van der Waals surface area contributed by atoms with Gasteiger partial charge in [-0.15, -0.1) is 0 Å². The van der Waals surface area contributed by atoms with Crippen LogP contribution < -0.4 is 15.5 Å². The van der Waals surface area contributed by atoms with Gasteiger partial charge in [-0.1, -0.05) is 0 Å². The Balaban J connectivity index is 2.76. The summed E-state index contributed by atoms with van der Waals surface area (Å²) >= 11 is 5.05. The molecule has 0 fully saturated rings. The molecule has 17 heavy (non-hydrogen) atoms. The maximum atomic E-state index is 5.05. The fourth-order valence-corrected chi connectivity index (χ4v) is 1.89. The van der Waals surface area contributed by atoms with Gasteiger partial charge in [0.05, 0.1) is 0 Å². The van der Waals surface area contributed by atoms with E-state index in [1.165, 1.54) is 5.69 Å². The van der Waals surface area contributed by atoms with E-state index in [1.54, 1.807) is 7.05 Å². The molecule has 0 bridgehead atoms. The van der Waals surface area contributed by atoms with Crippen LogP contribution in [0.15, 0.2) is 24.3 Å². The number of hydrogen-bond acceptors (Lipinski definition) is 2. The van der Waals surface area contributed by atoms with Gasteiger partial charge in [0.1, 0.15) is 0 Å². The minimum Gasteiger partial charge on any atom is -0.369 e. The minimum absolute atomic E-state index is 0.511. The lowest BCUT2D eigenvalue weighted by atomic mass is 10.2. The first-order chi connectivity index (χ1) is 8.08. The predicted octanol–water partition coefficient (Wildman–Crippen LogP) is 2.84. The number of hydrogen-bond donors (Lipinski definition) is 2. The number of thiocarbonyl (C=S) groups is 1. The zero-order valence-corrected chi connectivity index (χ0v) is 11.8. The van der Waals surface area contributed by atoms with E-state index >= 15 is 0 Å². The molecule has 0 atom stereocenters. The first-order valence-corrected chi connectivity index (χ1v) is 6.34. The second kappa shape index (κ2) is 6.45. The molecule has 1 rings (SSSR count). The van der Waals surface area contributed by atoms with E-state index < -0.39 is 0 Å². The summed E-state index contributed by atoms with van der Waals surface area (Å²) in [5.74, 6) is 0. The van der Waals surface area contributed by atoms with Crippen molar-refractivity contribution in [1.82, 2.24) is 5.32 Å². The average Bonchev–Trinajstić information content (AvgIpc) is 2.31. The van der Waals surface area contributed by atoms with Crippen LogP contribution in [0.1, 0.15) is 20.8 Å². The smallest absolute Gasteiger partial charge is 0.170 e. The van der Waals surface area contributed by atoms with Gasteiger partial charge in [0.2, 0.25) is 0 Å². The van der Waals surface area contributed by atoms with Crippen molar-refractivity contribution in [1.29, 1.82) is 0 Å². The van der Waals surface area contributed by atoms with Crippen molar-refractivity contribution < 1.29 is 0 Å². The summed E-state index contributed by atoms with van der Waals surface area (Å²) in [5.41, 5.74) is 2.25. The molecule has 0 aromatic heterocycles. The lowest BCUT2D eigenvalue weighted by molar-refractivity contribution is 0.704. The highest BCUT2D eigenvalue weighted by Gasteiger charge is 2.07. The van der Waals surface area contributed by atoms with Gasteiger partial charge in [-0.05, 0) is 57.3 Å². The third-order valence-corrected chi connectivity index (χ3v) is 2.95. The van der Waals surface area contributed by atoms with E-state index in [1.807, 2.05) is 12.1 Å². The molecule has 0 saturated heterocycles. The number of benzene rings is 1. The van der Waals surface area contributed by atoms with Crippen molar-refractivity contribution in [3.63, 3.8) is 0 Å². The first-order valence-electron chi connectivity index (χ1n) is 5.94. The van der Waals surface area contributed by atoms with Gasteiger partial charge >= 0.3 is 0 Å². The second-order valence-electron chi connectivity index (χ2n) is 4.13. The van der Waals surface area contributed by atoms with Crippen LogP contribution in [0.5, 0.6) is 0 Å². The first kappa shape index (κ1) is 13.8. The zero-order valence-electron chi connectivity index (χ0n) is 10.9. The molecule has 0 unspecified atom stereocenters. The summed E-state index contributed by atoms with van der Waals surface area (Å²) in [4.78, 5) is 2.35. The lowest BCUT2D eigenvalue weighted by Gasteiger charge is -2.27. The van der Waals surface area contributed by atoms with Crippen molar-refractivity contribution >= 4 is 28.7 Å². The van der Waals surface area contributed by atoms with Crippen LogP contribution in [-0.2, 0) is 0 Å². The minimum atomic E-state index is 0.511. The Morgan fingerprint density at radius 1 is 1.29 bits per heavy atom. The molecule has 3 nitrogen and oxygen atoms in total. The number of rotatable bonds is 4. The monoisotopic (exact) mass is 251 g/mol. The predicted molar refractivity (Wildman–Crippen MR) is 79.9 cm³/mol. The normalized spacial score (nSPS) is 10.2. The zero-order chi connectivity index (χ0) is 12.8. The molecular weight excluding hydrogens is 230 g/mol. The van der Waals surface area contributed by atoms with Gasteiger partial charge in [-0.3, -0.25) is 0 Å². The van der Waals surface area contributed by atoms with Crippen LogP contribution >= 0.6 is 12.2 Å². The van der Waals surface area contributed by atoms with E-state index in [0.29, 0.717) is 11.2 Å². The molecule has 0 aliphatic heterocycles. The summed E-state index contributed by atoms with van der Waals surface area (Å²) in [6, 6.07) is 8.83. The molecule has 0 amide bonds. The number of anilines is 2. The van der Waals surface area contributed by atoms with Crippen molar-refractivity contribution in [2.45, 2.75) is 26.8 Å². The Bertz CT molecular complexity index is 359. The van der Waals surface area contributed by atoms with Gasteiger partial charge in [0.15, 0.2) is 5.11 Å². The highest BCUT2D eigenvalue weighted by molar-refractivity contribution is 7.80. The Morgan fingerprint density at radius 2 is 1.88 bits per heavy atom. The van der Waals surface area contributed by atoms with E-state index in [4.69, 9.17) is 12.2 Å².